The van der Waals surface area contributed by atoms with Crippen LogP contribution in [0, 0.1) is 0 Å². The normalized spacial score (nSPS) is 14.1. The third kappa shape index (κ3) is 6.56. The fourth-order valence-corrected chi connectivity index (χ4v) is 5.20. The van der Waals surface area contributed by atoms with Gasteiger partial charge >= 0.3 is 7.60 Å². The average molecular weight is 278 g/mol. The maximum atomic E-state index is 12.3. The topological polar surface area (TPSA) is 35.5 Å². The van der Waals surface area contributed by atoms with Crippen molar-refractivity contribution < 1.29 is 13.6 Å². The molecular weight excluding hydrogens is 251 g/mol. The molecule has 102 valence electrons. The molecule has 5 heteroatoms. The lowest BCUT2D eigenvalue weighted by Crippen LogP contribution is -2.24. The minimum absolute atomic E-state index is 0.405. The Hall–Kier alpha value is 0.107. The van der Waals surface area contributed by atoms with Gasteiger partial charge in [-0.1, -0.05) is 37.8 Å². The Morgan fingerprint density at radius 2 is 1.59 bits per heavy atom. The zero-order valence-corrected chi connectivity index (χ0v) is 14.0. The van der Waals surface area contributed by atoms with E-state index in [-0.39, 0.29) is 0 Å². The minimum atomic E-state index is -2.91. The predicted octanol–water partition coefficient (Wildman–Crippen LogP) is 4.47. The molecule has 0 bridgehead atoms. The van der Waals surface area contributed by atoms with Gasteiger partial charge in [0, 0.05) is 0 Å². The molecule has 0 saturated heterocycles. The molecule has 0 aromatic carbocycles. The van der Waals surface area contributed by atoms with Crippen LogP contribution in [0.1, 0.15) is 27.2 Å². The van der Waals surface area contributed by atoms with E-state index in [4.69, 9.17) is 9.05 Å². The second kappa shape index (κ2) is 7.52. The summed E-state index contributed by atoms with van der Waals surface area (Å²) in [5.41, 5.74) is 0. The van der Waals surface area contributed by atoms with Crippen LogP contribution in [0.2, 0.25) is 19.6 Å². The molecular formula is C12H27O3PSi. The highest BCUT2D eigenvalue weighted by molar-refractivity contribution is 7.54. The monoisotopic (exact) mass is 278 g/mol. The molecule has 0 heterocycles. The van der Waals surface area contributed by atoms with E-state index >= 15 is 0 Å². The van der Waals surface area contributed by atoms with Crippen molar-refractivity contribution in [3.63, 3.8) is 0 Å². The van der Waals surface area contributed by atoms with Crippen molar-refractivity contribution in [3.8, 4) is 0 Å². The summed E-state index contributed by atoms with van der Waals surface area (Å²) in [6.45, 7) is 13.6. The van der Waals surface area contributed by atoms with Crippen LogP contribution in [0.15, 0.2) is 11.3 Å². The lowest BCUT2D eigenvalue weighted by Gasteiger charge is -2.21. The SMILES string of the molecule is CCOP(=O)(C/C=C(\CC)[Si](C)(C)C)OCC. The van der Waals surface area contributed by atoms with Gasteiger partial charge in [-0.15, -0.1) is 0 Å². The van der Waals surface area contributed by atoms with E-state index in [1.54, 1.807) is 0 Å². The third-order valence-electron chi connectivity index (χ3n) is 2.56. The molecule has 0 fully saturated rings. The summed E-state index contributed by atoms with van der Waals surface area (Å²) in [4.78, 5) is 0. The highest BCUT2D eigenvalue weighted by atomic mass is 31.2. The molecule has 0 N–H and O–H groups in total. The summed E-state index contributed by atoms with van der Waals surface area (Å²) < 4.78 is 22.9. The smallest absolute Gasteiger partial charge is 0.309 e. The Morgan fingerprint density at radius 3 is 1.88 bits per heavy atom. The maximum absolute atomic E-state index is 12.3. The van der Waals surface area contributed by atoms with Crippen LogP contribution in [0.25, 0.3) is 0 Å². The quantitative estimate of drug-likeness (QED) is 0.485. The summed E-state index contributed by atoms with van der Waals surface area (Å²) >= 11 is 0. The standard InChI is InChI=1S/C12H27O3PSi/c1-7-12(17(4,5)6)10-11-16(13,14-8-2)15-9-3/h10H,7-9,11H2,1-6H3/b12-10+. The van der Waals surface area contributed by atoms with Gasteiger partial charge < -0.3 is 9.05 Å². The number of hydrogen-bond donors (Lipinski definition) is 0. The van der Waals surface area contributed by atoms with E-state index in [0.29, 0.717) is 19.4 Å². The molecule has 0 aromatic heterocycles. The summed E-state index contributed by atoms with van der Waals surface area (Å²) in [6, 6.07) is 0. The summed E-state index contributed by atoms with van der Waals surface area (Å²) in [5.74, 6) is 0. The van der Waals surface area contributed by atoms with Crippen LogP contribution in [-0.4, -0.2) is 27.4 Å². The second-order valence-corrected chi connectivity index (χ2v) is 12.2. The van der Waals surface area contributed by atoms with Crippen molar-refractivity contribution in [2.24, 2.45) is 0 Å². The molecule has 0 aliphatic rings. The molecule has 0 amide bonds. The first-order valence-corrected chi connectivity index (χ1v) is 11.6. The van der Waals surface area contributed by atoms with Gasteiger partial charge in [0.25, 0.3) is 0 Å². The van der Waals surface area contributed by atoms with Crippen LogP contribution in [0.3, 0.4) is 0 Å². The van der Waals surface area contributed by atoms with E-state index in [1.165, 1.54) is 5.20 Å². The lowest BCUT2D eigenvalue weighted by molar-refractivity contribution is 0.222. The van der Waals surface area contributed by atoms with Crippen molar-refractivity contribution in [1.29, 1.82) is 0 Å². The van der Waals surface area contributed by atoms with E-state index < -0.39 is 15.7 Å². The molecule has 3 nitrogen and oxygen atoms in total. The molecule has 0 rings (SSSR count). The van der Waals surface area contributed by atoms with Gasteiger partial charge in [-0.05, 0) is 20.3 Å². The van der Waals surface area contributed by atoms with Gasteiger partial charge in [-0.25, -0.2) is 0 Å². The molecule has 0 saturated carbocycles. The first-order chi connectivity index (χ1) is 7.79. The number of rotatable bonds is 8. The molecule has 0 aliphatic heterocycles. The van der Waals surface area contributed by atoms with Crippen LogP contribution < -0.4 is 0 Å². The van der Waals surface area contributed by atoms with Crippen molar-refractivity contribution >= 4 is 15.7 Å². The number of hydrogen-bond acceptors (Lipinski definition) is 3. The van der Waals surface area contributed by atoms with Crippen molar-refractivity contribution in [1.82, 2.24) is 0 Å². The Balaban J connectivity index is 4.77. The summed E-state index contributed by atoms with van der Waals surface area (Å²) in [5, 5.41) is 1.43. The van der Waals surface area contributed by atoms with E-state index in [9.17, 15) is 4.57 Å². The van der Waals surface area contributed by atoms with Gasteiger partial charge in [-0.3, -0.25) is 4.57 Å². The first-order valence-electron chi connectivity index (χ1n) is 6.36. The van der Waals surface area contributed by atoms with Gasteiger partial charge in [0.15, 0.2) is 0 Å². The fourth-order valence-electron chi connectivity index (χ4n) is 1.74. The Kier molecular flexibility index (Phi) is 7.57. The van der Waals surface area contributed by atoms with E-state index in [0.717, 1.165) is 6.42 Å². The molecule has 0 aliphatic carbocycles. The highest BCUT2D eigenvalue weighted by Gasteiger charge is 2.24. The highest BCUT2D eigenvalue weighted by Crippen LogP contribution is 2.48. The van der Waals surface area contributed by atoms with Crippen LogP contribution in [0.5, 0.6) is 0 Å². The molecule has 0 spiro atoms. The van der Waals surface area contributed by atoms with Crippen LogP contribution >= 0.6 is 7.60 Å². The summed E-state index contributed by atoms with van der Waals surface area (Å²) in [7, 11) is -4.21. The molecule has 0 unspecified atom stereocenters. The van der Waals surface area contributed by atoms with Gasteiger partial charge in [0.1, 0.15) is 0 Å². The van der Waals surface area contributed by atoms with Crippen molar-refractivity contribution in [2.75, 3.05) is 19.4 Å². The fraction of sp³-hybridized carbons (Fsp3) is 0.833. The largest absolute Gasteiger partial charge is 0.334 e. The Morgan fingerprint density at radius 1 is 1.12 bits per heavy atom. The second-order valence-electron chi connectivity index (χ2n) is 4.96. The van der Waals surface area contributed by atoms with Gasteiger partial charge in [-0.2, -0.15) is 0 Å². The van der Waals surface area contributed by atoms with Crippen molar-refractivity contribution in [2.45, 2.75) is 46.8 Å². The van der Waals surface area contributed by atoms with E-state index in [2.05, 4.69) is 32.6 Å². The predicted molar refractivity (Wildman–Crippen MR) is 77.4 cm³/mol. The first kappa shape index (κ1) is 17.1. The zero-order valence-electron chi connectivity index (χ0n) is 12.1. The number of allylic oxidation sites excluding steroid dienone is 2. The van der Waals surface area contributed by atoms with Gasteiger partial charge in [0.05, 0.1) is 27.4 Å². The lowest BCUT2D eigenvalue weighted by atomic mass is 10.4. The molecule has 0 radical (unpaired) electrons. The van der Waals surface area contributed by atoms with Crippen molar-refractivity contribution in [3.05, 3.63) is 11.3 Å². The average Bonchev–Trinajstić information content (AvgIpc) is 2.17. The molecule has 0 atom stereocenters. The zero-order chi connectivity index (χ0) is 13.5. The molecule has 17 heavy (non-hydrogen) atoms. The minimum Gasteiger partial charge on any atom is -0.309 e. The third-order valence-corrected chi connectivity index (χ3v) is 6.97. The Labute approximate surface area is 107 Å². The molecule has 0 aromatic rings. The van der Waals surface area contributed by atoms with Gasteiger partial charge in [0.2, 0.25) is 0 Å². The van der Waals surface area contributed by atoms with Crippen LogP contribution in [0.4, 0.5) is 0 Å². The van der Waals surface area contributed by atoms with E-state index in [1.807, 2.05) is 13.8 Å². The maximum Gasteiger partial charge on any atom is 0.334 e. The summed E-state index contributed by atoms with van der Waals surface area (Å²) in [6.07, 6.45) is 3.51. The Bertz CT molecular complexity index is 285. The van der Waals surface area contributed by atoms with Crippen LogP contribution in [-0.2, 0) is 13.6 Å².